The maximum absolute atomic E-state index is 11.8. The number of nitriles is 1. The van der Waals surface area contributed by atoms with Crippen molar-refractivity contribution in [2.24, 2.45) is 0 Å². The van der Waals surface area contributed by atoms with Gasteiger partial charge in [0.2, 0.25) is 6.20 Å². The van der Waals surface area contributed by atoms with Crippen molar-refractivity contribution < 1.29 is 9.47 Å². The van der Waals surface area contributed by atoms with Gasteiger partial charge in [-0.25, -0.2) is 0 Å². The Morgan fingerprint density at radius 1 is 1.18 bits per heavy atom. The van der Waals surface area contributed by atoms with Crippen LogP contribution >= 0.6 is 0 Å². The third-order valence-electron chi connectivity index (χ3n) is 2.20. The van der Waals surface area contributed by atoms with Crippen LogP contribution in [0.2, 0.25) is 0 Å². The van der Waals surface area contributed by atoms with Gasteiger partial charge in [0.05, 0.1) is 0 Å². The van der Waals surface area contributed by atoms with Crippen molar-refractivity contribution in [3.8, 4) is 6.07 Å². The second-order valence-corrected chi connectivity index (χ2v) is 3.42. The third kappa shape index (κ3) is 2.67. The van der Waals surface area contributed by atoms with E-state index in [9.17, 15) is 4.79 Å². The first-order chi connectivity index (χ1) is 8.29. The summed E-state index contributed by atoms with van der Waals surface area (Å²) in [4.78, 5) is 11.8. The van der Waals surface area contributed by atoms with E-state index in [1.54, 1.807) is 48.8 Å². The van der Waals surface area contributed by atoms with Gasteiger partial charge in [-0.2, -0.15) is 5.26 Å². The van der Waals surface area contributed by atoms with Gasteiger partial charge in [0, 0.05) is 11.6 Å². The van der Waals surface area contributed by atoms with Crippen LogP contribution in [0.25, 0.3) is 0 Å². The van der Waals surface area contributed by atoms with Crippen LogP contribution in [0.3, 0.4) is 0 Å². The molecule has 0 aliphatic carbocycles. The lowest BCUT2D eigenvalue weighted by Crippen LogP contribution is -2.47. The Bertz CT molecular complexity index is 573. The molecule has 17 heavy (non-hydrogen) atoms. The second kappa shape index (κ2) is 4.90. The maximum atomic E-state index is 11.8. The van der Waals surface area contributed by atoms with Gasteiger partial charge >= 0.3 is 5.91 Å². The molecule has 0 unspecified atom stereocenters. The monoisotopic (exact) mass is 224 g/mol. The number of aromatic nitrogens is 1. The van der Waals surface area contributed by atoms with E-state index in [1.807, 2.05) is 12.1 Å². The smallest absolute Gasteiger partial charge is 0.264 e. The zero-order valence-electron chi connectivity index (χ0n) is 9.00. The van der Waals surface area contributed by atoms with E-state index in [-0.39, 0.29) is 5.91 Å². The molecular formula is C13H10N3O+. The first-order valence-electron chi connectivity index (χ1n) is 5.07. The molecular weight excluding hydrogens is 214 g/mol. The molecule has 0 spiro atoms. The standard InChI is InChI=1S/C13H9N3O/c14-9-11-5-4-8-16(10-11)15-13(17)12-6-2-1-3-7-12/h1-8,10H/p+1. The fourth-order valence-corrected chi connectivity index (χ4v) is 1.38. The molecule has 4 nitrogen and oxygen atoms in total. The summed E-state index contributed by atoms with van der Waals surface area (Å²) in [7, 11) is 0. The van der Waals surface area contributed by atoms with Crippen LogP contribution in [-0.2, 0) is 0 Å². The van der Waals surface area contributed by atoms with Gasteiger partial charge < -0.3 is 0 Å². The second-order valence-electron chi connectivity index (χ2n) is 3.42. The van der Waals surface area contributed by atoms with Crippen LogP contribution in [0.15, 0.2) is 54.9 Å². The molecule has 2 rings (SSSR count). The predicted octanol–water partition coefficient (Wildman–Crippen LogP) is 1.23. The molecule has 0 aliphatic rings. The minimum atomic E-state index is -0.217. The van der Waals surface area contributed by atoms with Crippen LogP contribution in [-0.4, -0.2) is 5.91 Å². The van der Waals surface area contributed by atoms with E-state index >= 15 is 0 Å². The molecule has 1 aromatic carbocycles. The van der Waals surface area contributed by atoms with Crippen molar-refractivity contribution in [3.63, 3.8) is 0 Å². The minimum absolute atomic E-state index is 0.217. The number of carbonyl (C=O) groups is 1. The summed E-state index contributed by atoms with van der Waals surface area (Å²) >= 11 is 0. The molecule has 2 aromatic rings. The van der Waals surface area contributed by atoms with Crippen molar-refractivity contribution >= 4 is 5.91 Å². The van der Waals surface area contributed by atoms with E-state index in [2.05, 4.69) is 5.43 Å². The number of carbonyl (C=O) groups excluding carboxylic acids is 1. The topological polar surface area (TPSA) is 56.8 Å². The van der Waals surface area contributed by atoms with E-state index in [0.29, 0.717) is 11.1 Å². The summed E-state index contributed by atoms with van der Waals surface area (Å²) in [6.45, 7) is 0. The number of rotatable bonds is 2. The molecule has 0 atom stereocenters. The molecule has 82 valence electrons. The SMILES string of the molecule is N#Cc1ccc[n+](NC(=O)c2ccccc2)c1. The lowest BCUT2D eigenvalue weighted by atomic mass is 10.2. The number of pyridine rings is 1. The highest BCUT2D eigenvalue weighted by Crippen LogP contribution is 1.97. The van der Waals surface area contributed by atoms with Crippen LogP contribution in [0.5, 0.6) is 0 Å². The van der Waals surface area contributed by atoms with Gasteiger partial charge in [0.1, 0.15) is 11.6 Å². The minimum Gasteiger partial charge on any atom is -0.264 e. The van der Waals surface area contributed by atoms with Gasteiger partial charge in [-0.3, -0.25) is 4.79 Å². The van der Waals surface area contributed by atoms with E-state index in [1.165, 1.54) is 4.68 Å². The Morgan fingerprint density at radius 2 is 1.94 bits per heavy atom. The predicted molar refractivity (Wildman–Crippen MR) is 61.5 cm³/mol. The average Bonchev–Trinajstić information content (AvgIpc) is 2.40. The molecule has 1 aromatic heterocycles. The van der Waals surface area contributed by atoms with E-state index in [0.717, 1.165) is 0 Å². The lowest BCUT2D eigenvalue weighted by Gasteiger charge is -1.99. The van der Waals surface area contributed by atoms with Gasteiger partial charge in [0.15, 0.2) is 6.20 Å². The fourth-order valence-electron chi connectivity index (χ4n) is 1.38. The van der Waals surface area contributed by atoms with E-state index < -0.39 is 0 Å². The highest BCUT2D eigenvalue weighted by molar-refractivity contribution is 5.98. The Labute approximate surface area is 98.7 Å². The number of hydrogen-bond acceptors (Lipinski definition) is 2. The first-order valence-corrected chi connectivity index (χ1v) is 5.07. The lowest BCUT2D eigenvalue weighted by molar-refractivity contribution is -0.641. The number of benzene rings is 1. The molecule has 0 aliphatic heterocycles. The van der Waals surface area contributed by atoms with Crippen molar-refractivity contribution in [2.45, 2.75) is 0 Å². The van der Waals surface area contributed by atoms with Crippen molar-refractivity contribution in [3.05, 3.63) is 66.0 Å². The highest BCUT2D eigenvalue weighted by Gasteiger charge is 2.10. The maximum Gasteiger partial charge on any atom is 0.305 e. The number of nitrogens with zero attached hydrogens (tertiary/aromatic N) is 2. The summed E-state index contributed by atoms with van der Waals surface area (Å²) in [5, 5.41) is 8.74. The molecule has 1 heterocycles. The van der Waals surface area contributed by atoms with Crippen molar-refractivity contribution in [1.29, 1.82) is 5.26 Å². The van der Waals surface area contributed by atoms with Gasteiger partial charge in [-0.05, 0) is 18.2 Å². The molecule has 4 heteroatoms. The molecule has 1 N–H and O–H groups in total. The molecule has 1 amide bonds. The van der Waals surface area contributed by atoms with Crippen molar-refractivity contribution in [1.82, 2.24) is 0 Å². The van der Waals surface area contributed by atoms with Crippen LogP contribution in [0.1, 0.15) is 15.9 Å². The Balaban J connectivity index is 2.17. The van der Waals surface area contributed by atoms with Gasteiger partial charge in [-0.15, -0.1) is 5.43 Å². The van der Waals surface area contributed by atoms with Crippen LogP contribution < -0.4 is 10.1 Å². The zero-order chi connectivity index (χ0) is 12.1. The molecule has 0 fully saturated rings. The highest BCUT2D eigenvalue weighted by atomic mass is 16.2. The summed E-state index contributed by atoms with van der Waals surface area (Å²) in [6, 6.07) is 14.3. The molecule has 0 bridgehead atoms. The molecule has 0 saturated carbocycles. The van der Waals surface area contributed by atoms with Gasteiger partial charge in [0.25, 0.3) is 0 Å². The van der Waals surface area contributed by atoms with Crippen LogP contribution in [0, 0.1) is 11.3 Å². The molecule has 0 saturated heterocycles. The summed E-state index contributed by atoms with van der Waals surface area (Å²) < 4.78 is 1.47. The summed E-state index contributed by atoms with van der Waals surface area (Å²) in [5.74, 6) is -0.217. The Morgan fingerprint density at radius 3 is 2.65 bits per heavy atom. The average molecular weight is 224 g/mol. The number of amides is 1. The van der Waals surface area contributed by atoms with Gasteiger partial charge in [-0.1, -0.05) is 22.9 Å². The normalized spacial score (nSPS) is 9.35. The third-order valence-corrected chi connectivity index (χ3v) is 2.20. The largest absolute Gasteiger partial charge is 0.305 e. The van der Waals surface area contributed by atoms with E-state index in [4.69, 9.17) is 5.26 Å². The summed E-state index contributed by atoms with van der Waals surface area (Å²) in [6.07, 6.45) is 3.22. The fraction of sp³-hybridized carbons (Fsp3) is 0. The Hall–Kier alpha value is -2.67. The Kier molecular flexibility index (Phi) is 3.13. The van der Waals surface area contributed by atoms with Crippen LogP contribution in [0.4, 0.5) is 0 Å². The number of hydrogen-bond donors (Lipinski definition) is 1. The first kappa shape index (κ1) is 10.8. The number of nitrogens with one attached hydrogen (secondary N) is 1. The summed E-state index contributed by atoms with van der Waals surface area (Å²) in [5.41, 5.74) is 3.72. The zero-order valence-corrected chi connectivity index (χ0v) is 9.00. The van der Waals surface area contributed by atoms with Crippen molar-refractivity contribution in [2.75, 3.05) is 5.43 Å². The molecule has 0 radical (unpaired) electrons. The quantitative estimate of drug-likeness (QED) is 0.780.